The summed E-state index contributed by atoms with van der Waals surface area (Å²) in [4.78, 5) is 19.5. The number of carboxylic acid groups (broad SMARTS) is 2. The molecule has 0 fully saturated rings. The average molecular weight is 131 g/mol. The van der Waals surface area contributed by atoms with Crippen LogP contribution in [0.4, 0.5) is 0 Å². The molecule has 0 aliphatic carbocycles. The molecule has 0 aromatic rings. The summed E-state index contributed by atoms with van der Waals surface area (Å²) in [5.41, 5.74) is -0.289. The van der Waals surface area contributed by atoms with E-state index in [4.69, 9.17) is 5.11 Å². The molecular formula is C5H7O4-. The zero-order valence-electron chi connectivity index (χ0n) is 4.75. The summed E-state index contributed by atoms with van der Waals surface area (Å²) >= 11 is 0. The van der Waals surface area contributed by atoms with Crippen LogP contribution < -0.4 is 5.11 Å². The van der Waals surface area contributed by atoms with Crippen molar-refractivity contribution in [2.75, 3.05) is 0 Å². The lowest BCUT2D eigenvalue weighted by atomic mass is 10.3. The second-order valence-electron chi connectivity index (χ2n) is 1.45. The SMILES string of the molecule is C/C(=C\C(=O)O)C(=O)[O-].[HH]. The number of hydrogen-bond acceptors (Lipinski definition) is 3. The highest BCUT2D eigenvalue weighted by Crippen LogP contribution is 1.87. The molecule has 0 bridgehead atoms. The van der Waals surface area contributed by atoms with Gasteiger partial charge in [-0.25, -0.2) is 4.79 Å². The second-order valence-corrected chi connectivity index (χ2v) is 1.45. The molecule has 0 atom stereocenters. The number of carboxylic acids is 2. The molecule has 0 amide bonds. The van der Waals surface area contributed by atoms with E-state index in [1.807, 2.05) is 0 Å². The smallest absolute Gasteiger partial charge is 0.328 e. The second kappa shape index (κ2) is 2.86. The van der Waals surface area contributed by atoms with E-state index in [1.54, 1.807) is 0 Å². The molecule has 4 nitrogen and oxygen atoms in total. The number of hydrogen-bond donors (Lipinski definition) is 1. The van der Waals surface area contributed by atoms with E-state index in [-0.39, 0.29) is 7.00 Å². The maximum atomic E-state index is 9.79. The van der Waals surface area contributed by atoms with E-state index in [9.17, 15) is 14.7 Å². The van der Waals surface area contributed by atoms with Gasteiger partial charge in [0.15, 0.2) is 0 Å². The molecular weight excluding hydrogens is 124 g/mol. The molecule has 0 aromatic heterocycles. The van der Waals surface area contributed by atoms with E-state index in [2.05, 4.69) is 0 Å². The van der Waals surface area contributed by atoms with E-state index in [0.29, 0.717) is 6.08 Å². The molecule has 0 spiro atoms. The molecule has 0 saturated carbocycles. The lowest BCUT2D eigenvalue weighted by Crippen LogP contribution is -2.23. The standard InChI is InChI=1S/C5H6O4.H2/c1-3(5(8)9)2-4(6)7;/h2H,1H3,(H,6,7)(H,8,9);1H/p-1/b3-2+;. The number of carbonyl (C=O) groups excluding carboxylic acids is 1. The van der Waals surface area contributed by atoms with Crippen molar-refractivity contribution in [3.63, 3.8) is 0 Å². The van der Waals surface area contributed by atoms with Gasteiger partial charge < -0.3 is 15.0 Å². The topological polar surface area (TPSA) is 77.4 Å². The van der Waals surface area contributed by atoms with Crippen molar-refractivity contribution in [1.82, 2.24) is 0 Å². The summed E-state index contributed by atoms with van der Waals surface area (Å²) in [6.07, 6.45) is 0.579. The van der Waals surface area contributed by atoms with Crippen LogP contribution in [-0.4, -0.2) is 17.0 Å². The first-order valence-electron chi connectivity index (χ1n) is 2.16. The van der Waals surface area contributed by atoms with Crippen molar-refractivity contribution in [2.24, 2.45) is 0 Å². The Balaban J connectivity index is 0. The molecule has 0 aliphatic heterocycles. The highest BCUT2D eigenvalue weighted by Gasteiger charge is 1.92. The summed E-state index contributed by atoms with van der Waals surface area (Å²) in [5, 5.41) is 17.8. The van der Waals surface area contributed by atoms with E-state index in [1.165, 1.54) is 0 Å². The van der Waals surface area contributed by atoms with E-state index in [0.717, 1.165) is 6.92 Å². The van der Waals surface area contributed by atoms with Crippen LogP contribution in [0.3, 0.4) is 0 Å². The predicted molar refractivity (Wildman–Crippen MR) is 28.5 cm³/mol. The summed E-state index contributed by atoms with van der Waals surface area (Å²) in [6, 6.07) is 0. The third-order valence-electron chi connectivity index (χ3n) is 0.662. The van der Waals surface area contributed by atoms with Gasteiger partial charge in [-0.1, -0.05) is 0 Å². The van der Waals surface area contributed by atoms with Gasteiger partial charge in [0.2, 0.25) is 0 Å². The van der Waals surface area contributed by atoms with Gasteiger partial charge in [-0.2, -0.15) is 0 Å². The Kier molecular flexibility index (Phi) is 2.44. The fourth-order valence-corrected chi connectivity index (χ4v) is 0.244. The van der Waals surface area contributed by atoms with Gasteiger partial charge in [-0.15, -0.1) is 0 Å². The molecule has 0 unspecified atom stereocenters. The van der Waals surface area contributed by atoms with Crippen molar-refractivity contribution < 1.29 is 21.2 Å². The zero-order valence-corrected chi connectivity index (χ0v) is 4.75. The van der Waals surface area contributed by atoms with Crippen LogP contribution in [0.5, 0.6) is 0 Å². The normalized spacial score (nSPS) is 11.0. The summed E-state index contributed by atoms with van der Waals surface area (Å²) in [7, 11) is 0. The largest absolute Gasteiger partial charge is 0.545 e. The minimum absolute atomic E-state index is 0. The molecule has 52 valence electrons. The number of carbonyl (C=O) groups is 2. The zero-order chi connectivity index (χ0) is 7.44. The summed E-state index contributed by atoms with van der Waals surface area (Å²) < 4.78 is 0. The van der Waals surface area contributed by atoms with Crippen molar-refractivity contribution in [3.8, 4) is 0 Å². The maximum absolute atomic E-state index is 9.79. The van der Waals surface area contributed by atoms with Crippen LogP contribution in [0.25, 0.3) is 0 Å². The molecule has 0 saturated heterocycles. The Morgan fingerprint density at radius 2 is 2.11 bits per heavy atom. The first-order valence-corrected chi connectivity index (χ1v) is 2.16. The predicted octanol–water partition coefficient (Wildman–Crippen LogP) is -0.987. The Morgan fingerprint density at radius 3 is 2.22 bits per heavy atom. The molecule has 1 N–H and O–H groups in total. The van der Waals surface area contributed by atoms with Crippen molar-refractivity contribution in [1.29, 1.82) is 0 Å². The lowest BCUT2D eigenvalue weighted by Gasteiger charge is -1.96. The quantitative estimate of drug-likeness (QED) is 0.488. The number of aliphatic carboxylic acids is 2. The van der Waals surface area contributed by atoms with Crippen LogP contribution in [0.2, 0.25) is 0 Å². The Morgan fingerprint density at radius 1 is 1.67 bits per heavy atom. The van der Waals surface area contributed by atoms with Crippen LogP contribution in [0.1, 0.15) is 8.35 Å². The van der Waals surface area contributed by atoms with Gasteiger partial charge in [0.1, 0.15) is 0 Å². The minimum Gasteiger partial charge on any atom is -0.545 e. The number of rotatable bonds is 2. The monoisotopic (exact) mass is 131 g/mol. The molecule has 9 heavy (non-hydrogen) atoms. The molecule has 0 aromatic carbocycles. The average Bonchev–Trinajstić information content (AvgIpc) is 1.63. The van der Waals surface area contributed by atoms with Crippen molar-refractivity contribution in [2.45, 2.75) is 6.92 Å². The van der Waals surface area contributed by atoms with Gasteiger partial charge in [0, 0.05) is 7.50 Å². The van der Waals surface area contributed by atoms with Crippen molar-refractivity contribution in [3.05, 3.63) is 11.6 Å². The molecule has 0 rings (SSSR count). The molecule has 0 aliphatic rings. The van der Waals surface area contributed by atoms with Gasteiger partial charge in [0.25, 0.3) is 0 Å². The highest BCUT2D eigenvalue weighted by molar-refractivity contribution is 5.92. The Bertz CT molecular complexity index is 172. The van der Waals surface area contributed by atoms with Crippen LogP contribution >= 0.6 is 0 Å². The van der Waals surface area contributed by atoms with Crippen molar-refractivity contribution >= 4 is 11.9 Å². The van der Waals surface area contributed by atoms with Crippen LogP contribution in [0.15, 0.2) is 11.6 Å². The Hall–Kier alpha value is -1.32. The first kappa shape index (κ1) is 7.68. The van der Waals surface area contributed by atoms with E-state index < -0.39 is 11.9 Å². The summed E-state index contributed by atoms with van der Waals surface area (Å²) in [5.74, 6) is -2.74. The summed E-state index contributed by atoms with van der Waals surface area (Å²) in [6.45, 7) is 1.16. The Labute approximate surface area is 52.9 Å². The van der Waals surface area contributed by atoms with Gasteiger partial charge >= 0.3 is 5.97 Å². The van der Waals surface area contributed by atoms with Gasteiger partial charge in [0.05, 0.1) is 5.97 Å². The van der Waals surface area contributed by atoms with E-state index >= 15 is 0 Å². The van der Waals surface area contributed by atoms with Crippen LogP contribution in [-0.2, 0) is 9.59 Å². The maximum Gasteiger partial charge on any atom is 0.328 e. The molecule has 0 radical (unpaired) electrons. The molecule has 4 heteroatoms. The fourth-order valence-electron chi connectivity index (χ4n) is 0.244. The van der Waals surface area contributed by atoms with Gasteiger partial charge in [-0.3, -0.25) is 0 Å². The minimum atomic E-state index is -1.46. The third-order valence-corrected chi connectivity index (χ3v) is 0.662. The molecule has 0 heterocycles. The third kappa shape index (κ3) is 3.28. The fraction of sp³-hybridized carbons (Fsp3) is 0.200. The first-order chi connectivity index (χ1) is 4.04. The van der Waals surface area contributed by atoms with Gasteiger partial charge in [-0.05, 0) is 12.5 Å². The lowest BCUT2D eigenvalue weighted by molar-refractivity contribution is -0.299. The highest BCUT2D eigenvalue weighted by atomic mass is 16.4. The van der Waals surface area contributed by atoms with Crippen LogP contribution in [0, 0.1) is 0 Å².